The zero-order chi connectivity index (χ0) is 13.9. The molecule has 1 aliphatic carbocycles. The highest BCUT2D eigenvalue weighted by molar-refractivity contribution is 5.65. The Labute approximate surface area is 119 Å². The number of hydrogen-bond acceptors (Lipinski definition) is 4. The molecule has 104 valence electrons. The average Bonchev–Trinajstić information content (AvgIpc) is 3.32. The quantitative estimate of drug-likeness (QED) is 0.901. The van der Waals surface area contributed by atoms with Gasteiger partial charge in [-0.3, -0.25) is 4.98 Å². The van der Waals surface area contributed by atoms with Crippen LogP contribution in [0, 0.1) is 6.92 Å². The Morgan fingerprint density at radius 2 is 2.10 bits per heavy atom. The lowest BCUT2D eigenvalue weighted by Crippen LogP contribution is -2.09. The van der Waals surface area contributed by atoms with E-state index in [0.29, 0.717) is 5.92 Å². The summed E-state index contributed by atoms with van der Waals surface area (Å²) >= 11 is 0. The second kappa shape index (κ2) is 5.57. The number of hydrogen-bond donors (Lipinski definition) is 1. The first kappa shape index (κ1) is 13.0. The SMILES string of the molecule is CCCNc1nc(C2CC2)nc(-c2ccccn2)c1C. The summed E-state index contributed by atoms with van der Waals surface area (Å²) in [4.78, 5) is 13.9. The van der Waals surface area contributed by atoms with Gasteiger partial charge in [-0.05, 0) is 38.3 Å². The van der Waals surface area contributed by atoms with Gasteiger partial charge in [-0.2, -0.15) is 0 Å². The minimum Gasteiger partial charge on any atom is -0.370 e. The molecule has 0 bridgehead atoms. The first-order chi connectivity index (χ1) is 9.79. The number of aromatic nitrogens is 3. The predicted molar refractivity (Wildman–Crippen MR) is 80.8 cm³/mol. The highest BCUT2D eigenvalue weighted by Gasteiger charge is 2.28. The van der Waals surface area contributed by atoms with Crippen LogP contribution in [0.25, 0.3) is 11.4 Å². The fourth-order valence-electron chi connectivity index (χ4n) is 2.23. The van der Waals surface area contributed by atoms with Crippen LogP contribution in [0.2, 0.25) is 0 Å². The Morgan fingerprint density at radius 1 is 1.25 bits per heavy atom. The lowest BCUT2D eigenvalue weighted by molar-refractivity contribution is 0.900. The molecular weight excluding hydrogens is 248 g/mol. The van der Waals surface area contributed by atoms with Crippen molar-refractivity contribution in [1.29, 1.82) is 0 Å². The van der Waals surface area contributed by atoms with Crippen LogP contribution in [-0.4, -0.2) is 21.5 Å². The molecule has 2 aromatic rings. The molecule has 1 fully saturated rings. The minimum absolute atomic E-state index is 0.542. The van der Waals surface area contributed by atoms with E-state index >= 15 is 0 Å². The summed E-state index contributed by atoms with van der Waals surface area (Å²) < 4.78 is 0. The Bertz CT molecular complexity index is 591. The van der Waals surface area contributed by atoms with Crippen LogP contribution in [0.5, 0.6) is 0 Å². The Kier molecular flexibility index (Phi) is 3.63. The summed E-state index contributed by atoms with van der Waals surface area (Å²) in [5, 5.41) is 3.42. The van der Waals surface area contributed by atoms with Gasteiger partial charge in [0.15, 0.2) is 0 Å². The van der Waals surface area contributed by atoms with E-state index in [1.807, 2.05) is 24.4 Å². The van der Waals surface area contributed by atoms with Gasteiger partial charge >= 0.3 is 0 Å². The first-order valence-electron chi connectivity index (χ1n) is 7.33. The van der Waals surface area contributed by atoms with E-state index in [-0.39, 0.29) is 0 Å². The Balaban J connectivity index is 2.05. The second-order valence-electron chi connectivity index (χ2n) is 5.32. The van der Waals surface area contributed by atoms with Gasteiger partial charge in [0.2, 0.25) is 0 Å². The molecule has 2 heterocycles. The van der Waals surface area contributed by atoms with E-state index in [4.69, 9.17) is 9.97 Å². The summed E-state index contributed by atoms with van der Waals surface area (Å²) in [7, 11) is 0. The van der Waals surface area contributed by atoms with Gasteiger partial charge in [0.1, 0.15) is 11.6 Å². The van der Waals surface area contributed by atoms with Crippen molar-refractivity contribution in [3.63, 3.8) is 0 Å². The van der Waals surface area contributed by atoms with Gasteiger partial charge in [-0.1, -0.05) is 13.0 Å². The molecule has 0 unspecified atom stereocenters. The number of pyridine rings is 1. The van der Waals surface area contributed by atoms with Gasteiger partial charge in [-0.15, -0.1) is 0 Å². The van der Waals surface area contributed by atoms with E-state index < -0.39 is 0 Å². The molecule has 0 saturated heterocycles. The highest BCUT2D eigenvalue weighted by atomic mass is 15.0. The maximum absolute atomic E-state index is 4.76. The largest absolute Gasteiger partial charge is 0.370 e. The molecule has 0 aliphatic heterocycles. The summed E-state index contributed by atoms with van der Waals surface area (Å²) in [5.74, 6) is 2.47. The lowest BCUT2D eigenvalue weighted by Gasteiger charge is -2.13. The number of nitrogens with one attached hydrogen (secondary N) is 1. The Morgan fingerprint density at radius 3 is 2.75 bits per heavy atom. The molecule has 20 heavy (non-hydrogen) atoms. The molecule has 1 aliphatic rings. The molecule has 0 aromatic carbocycles. The highest BCUT2D eigenvalue weighted by Crippen LogP contribution is 2.39. The van der Waals surface area contributed by atoms with E-state index in [2.05, 4.69) is 24.1 Å². The van der Waals surface area contributed by atoms with Crippen molar-refractivity contribution in [3.05, 3.63) is 35.8 Å². The molecule has 0 amide bonds. The van der Waals surface area contributed by atoms with E-state index in [1.54, 1.807) is 0 Å². The van der Waals surface area contributed by atoms with Crippen molar-refractivity contribution in [3.8, 4) is 11.4 Å². The molecule has 1 saturated carbocycles. The van der Waals surface area contributed by atoms with Gasteiger partial charge in [0, 0.05) is 24.2 Å². The summed E-state index contributed by atoms with van der Waals surface area (Å²) in [6.07, 6.45) is 5.31. The number of anilines is 1. The summed E-state index contributed by atoms with van der Waals surface area (Å²) in [6, 6.07) is 5.94. The van der Waals surface area contributed by atoms with Crippen molar-refractivity contribution < 1.29 is 0 Å². The molecular formula is C16H20N4. The zero-order valence-electron chi connectivity index (χ0n) is 12.1. The van der Waals surface area contributed by atoms with Crippen LogP contribution in [0.1, 0.15) is 43.5 Å². The van der Waals surface area contributed by atoms with Crippen LogP contribution in [-0.2, 0) is 0 Å². The lowest BCUT2D eigenvalue weighted by atomic mass is 10.1. The van der Waals surface area contributed by atoms with Crippen LogP contribution >= 0.6 is 0 Å². The minimum atomic E-state index is 0.542. The van der Waals surface area contributed by atoms with Crippen molar-refractivity contribution in [1.82, 2.24) is 15.0 Å². The zero-order valence-corrected chi connectivity index (χ0v) is 12.1. The van der Waals surface area contributed by atoms with Crippen molar-refractivity contribution in [2.75, 3.05) is 11.9 Å². The van der Waals surface area contributed by atoms with E-state index in [9.17, 15) is 0 Å². The van der Waals surface area contributed by atoms with Crippen molar-refractivity contribution >= 4 is 5.82 Å². The van der Waals surface area contributed by atoms with Crippen LogP contribution in [0.4, 0.5) is 5.82 Å². The maximum atomic E-state index is 4.76. The molecule has 1 N–H and O–H groups in total. The monoisotopic (exact) mass is 268 g/mol. The Hall–Kier alpha value is -1.97. The first-order valence-corrected chi connectivity index (χ1v) is 7.33. The van der Waals surface area contributed by atoms with Gasteiger partial charge in [0.25, 0.3) is 0 Å². The standard InChI is InChI=1S/C16H20N4/c1-3-9-18-15-11(2)14(13-6-4-5-10-17-13)19-16(20-15)12-7-8-12/h4-6,10,12H,3,7-9H2,1-2H3,(H,18,19,20). The third kappa shape index (κ3) is 2.64. The van der Waals surface area contributed by atoms with Crippen LogP contribution < -0.4 is 5.32 Å². The molecule has 4 heteroatoms. The third-order valence-corrected chi connectivity index (χ3v) is 3.56. The topological polar surface area (TPSA) is 50.7 Å². The van der Waals surface area contributed by atoms with E-state index in [1.165, 1.54) is 12.8 Å². The van der Waals surface area contributed by atoms with Crippen molar-refractivity contribution in [2.45, 2.75) is 39.0 Å². The van der Waals surface area contributed by atoms with E-state index in [0.717, 1.165) is 41.6 Å². The summed E-state index contributed by atoms with van der Waals surface area (Å²) in [5.41, 5.74) is 2.97. The molecule has 2 aromatic heterocycles. The molecule has 0 radical (unpaired) electrons. The van der Waals surface area contributed by atoms with Gasteiger partial charge in [-0.25, -0.2) is 9.97 Å². The fraction of sp³-hybridized carbons (Fsp3) is 0.438. The van der Waals surface area contributed by atoms with Crippen LogP contribution in [0.3, 0.4) is 0 Å². The molecule has 0 atom stereocenters. The van der Waals surface area contributed by atoms with Crippen molar-refractivity contribution in [2.24, 2.45) is 0 Å². The summed E-state index contributed by atoms with van der Waals surface area (Å²) in [6.45, 7) is 5.16. The van der Waals surface area contributed by atoms with Crippen LogP contribution in [0.15, 0.2) is 24.4 Å². The maximum Gasteiger partial charge on any atom is 0.134 e. The predicted octanol–water partition coefficient (Wildman–Crippen LogP) is 3.55. The average molecular weight is 268 g/mol. The molecule has 3 rings (SSSR count). The molecule has 4 nitrogen and oxygen atoms in total. The van der Waals surface area contributed by atoms with Gasteiger partial charge in [0.05, 0.1) is 11.4 Å². The number of rotatable bonds is 5. The number of nitrogens with zero attached hydrogens (tertiary/aromatic N) is 3. The second-order valence-corrected chi connectivity index (χ2v) is 5.32. The molecule has 0 spiro atoms. The normalized spacial score (nSPS) is 14.3. The smallest absolute Gasteiger partial charge is 0.134 e. The fourth-order valence-corrected chi connectivity index (χ4v) is 2.23. The van der Waals surface area contributed by atoms with Gasteiger partial charge < -0.3 is 5.32 Å². The third-order valence-electron chi connectivity index (χ3n) is 3.56.